The van der Waals surface area contributed by atoms with Gasteiger partial charge in [-0.25, -0.2) is 8.42 Å². The number of rotatable bonds is 8. The Hall–Kier alpha value is -2.25. The van der Waals surface area contributed by atoms with E-state index >= 15 is 0 Å². The third-order valence-corrected chi connectivity index (χ3v) is 5.04. The van der Waals surface area contributed by atoms with Crippen LogP contribution in [-0.4, -0.2) is 47.9 Å². The van der Waals surface area contributed by atoms with Crippen LogP contribution in [0.4, 0.5) is 0 Å². The molecule has 25 heavy (non-hydrogen) atoms. The van der Waals surface area contributed by atoms with Gasteiger partial charge in [0.15, 0.2) is 0 Å². The van der Waals surface area contributed by atoms with E-state index in [9.17, 15) is 13.2 Å². The quantitative estimate of drug-likeness (QED) is 0.720. The molecule has 0 saturated carbocycles. The Kier molecular flexibility index (Phi) is 6.66. The summed E-state index contributed by atoms with van der Waals surface area (Å²) in [6, 6.07) is 13.1. The summed E-state index contributed by atoms with van der Waals surface area (Å²) in [6.45, 7) is 2.83. The molecule has 134 valence electrons. The van der Waals surface area contributed by atoms with Crippen molar-refractivity contribution in [3.05, 3.63) is 66.0 Å². The van der Waals surface area contributed by atoms with Crippen molar-refractivity contribution in [3.63, 3.8) is 0 Å². The molecule has 1 heterocycles. The zero-order valence-electron chi connectivity index (χ0n) is 14.5. The second kappa shape index (κ2) is 8.73. The summed E-state index contributed by atoms with van der Waals surface area (Å²) in [7, 11) is -3.51. The van der Waals surface area contributed by atoms with E-state index in [1.807, 2.05) is 37.3 Å². The number of benzene rings is 1. The number of nitrogens with zero attached hydrogens (tertiary/aromatic N) is 3. The fraction of sp³-hybridized carbons (Fsp3) is 0.333. The summed E-state index contributed by atoms with van der Waals surface area (Å²) in [5.74, 6) is -0.217. The predicted molar refractivity (Wildman–Crippen MR) is 97.0 cm³/mol. The second-order valence-corrected chi connectivity index (χ2v) is 7.76. The highest BCUT2D eigenvalue weighted by molar-refractivity contribution is 7.88. The maximum absolute atomic E-state index is 12.6. The Balaban J connectivity index is 2.09. The second-order valence-electron chi connectivity index (χ2n) is 5.78. The summed E-state index contributed by atoms with van der Waals surface area (Å²) in [5.41, 5.74) is 1.80. The van der Waals surface area contributed by atoms with Crippen molar-refractivity contribution < 1.29 is 13.2 Å². The molecular formula is C18H23N3O3S. The number of amides is 1. The Morgan fingerprint density at radius 3 is 2.16 bits per heavy atom. The molecule has 0 atom stereocenters. The van der Waals surface area contributed by atoms with Gasteiger partial charge in [-0.3, -0.25) is 9.78 Å². The molecule has 1 amide bonds. The van der Waals surface area contributed by atoms with Crippen LogP contribution >= 0.6 is 0 Å². The molecule has 0 saturated heterocycles. The molecule has 2 aromatic rings. The minimum atomic E-state index is -3.51. The van der Waals surface area contributed by atoms with Crippen molar-refractivity contribution in [2.45, 2.75) is 20.0 Å². The zero-order chi connectivity index (χ0) is 18.3. The van der Waals surface area contributed by atoms with E-state index in [0.717, 1.165) is 17.4 Å². The van der Waals surface area contributed by atoms with Gasteiger partial charge in [-0.15, -0.1) is 0 Å². The molecule has 0 aliphatic heterocycles. The van der Waals surface area contributed by atoms with Gasteiger partial charge in [0.1, 0.15) is 0 Å². The fourth-order valence-electron chi connectivity index (χ4n) is 2.41. The number of pyridine rings is 1. The van der Waals surface area contributed by atoms with Gasteiger partial charge in [0.2, 0.25) is 15.9 Å². The topological polar surface area (TPSA) is 70.6 Å². The molecule has 0 radical (unpaired) electrons. The van der Waals surface area contributed by atoms with Crippen LogP contribution in [0.2, 0.25) is 0 Å². The van der Waals surface area contributed by atoms with Gasteiger partial charge < -0.3 is 4.90 Å². The smallest absolute Gasteiger partial charge is 0.238 e. The first-order valence-corrected chi connectivity index (χ1v) is 9.90. The van der Waals surface area contributed by atoms with Gasteiger partial charge in [0, 0.05) is 32.0 Å². The standard InChI is InChI=1S/C18H23N3O3S/c1-3-20(13-16-7-5-4-6-8-16)18(22)15-21(25(2,23)24)14-17-9-11-19-12-10-17/h4-12H,3,13-15H2,1-2H3. The normalized spacial score (nSPS) is 11.5. The monoisotopic (exact) mass is 361 g/mol. The maximum atomic E-state index is 12.6. The lowest BCUT2D eigenvalue weighted by molar-refractivity contribution is -0.131. The summed E-state index contributed by atoms with van der Waals surface area (Å²) in [5, 5.41) is 0. The molecule has 0 spiro atoms. The number of sulfonamides is 1. The highest BCUT2D eigenvalue weighted by Crippen LogP contribution is 2.10. The molecule has 6 nitrogen and oxygen atoms in total. The number of aromatic nitrogens is 1. The van der Waals surface area contributed by atoms with Crippen LogP contribution in [0.25, 0.3) is 0 Å². The largest absolute Gasteiger partial charge is 0.338 e. The number of hydrogen-bond acceptors (Lipinski definition) is 4. The van der Waals surface area contributed by atoms with Gasteiger partial charge in [0.25, 0.3) is 0 Å². The van der Waals surface area contributed by atoms with Gasteiger partial charge in [0.05, 0.1) is 12.8 Å². The van der Waals surface area contributed by atoms with Gasteiger partial charge in [-0.2, -0.15) is 4.31 Å². The number of hydrogen-bond donors (Lipinski definition) is 0. The Bertz CT molecular complexity index is 780. The highest BCUT2D eigenvalue weighted by Gasteiger charge is 2.23. The van der Waals surface area contributed by atoms with E-state index in [-0.39, 0.29) is 19.0 Å². The Morgan fingerprint density at radius 1 is 1.00 bits per heavy atom. The number of carbonyl (C=O) groups excluding carboxylic acids is 1. The molecule has 2 rings (SSSR count). The van der Waals surface area contributed by atoms with E-state index < -0.39 is 10.0 Å². The molecule has 0 bridgehead atoms. The van der Waals surface area contributed by atoms with Crippen molar-refractivity contribution in [1.82, 2.24) is 14.2 Å². The third kappa shape index (κ3) is 5.95. The van der Waals surface area contributed by atoms with Crippen LogP contribution in [-0.2, 0) is 27.9 Å². The average Bonchev–Trinajstić information content (AvgIpc) is 2.60. The summed E-state index contributed by atoms with van der Waals surface area (Å²) >= 11 is 0. The van der Waals surface area contributed by atoms with Crippen LogP contribution in [0.1, 0.15) is 18.1 Å². The van der Waals surface area contributed by atoms with Crippen molar-refractivity contribution in [1.29, 1.82) is 0 Å². The molecule has 7 heteroatoms. The molecule has 1 aromatic heterocycles. The Morgan fingerprint density at radius 2 is 1.60 bits per heavy atom. The van der Waals surface area contributed by atoms with Gasteiger partial charge >= 0.3 is 0 Å². The first-order valence-electron chi connectivity index (χ1n) is 8.06. The SMILES string of the molecule is CCN(Cc1ccccc1)C(=O)CN(Cc1ccncc1)S(C)(=O)=O. The first kappa shape index (κ1) is 19.1. The van der Waals surface area contributed by atoms with Crippen LogP contribution in [0.3, 0.4) is 0 Å². The fourth-order valence-corrected chi connectivity index (χ4v) is 3.14. The van der Waals surface area contributed by atoms with Gasteiger partial charge in [-0.1, -0.05) is 30.3 Å². The van der Waals surface area contributed by atoms with Gasteiger partial charge in [-0.05, 0) is 30.2 Å². The summed E-state index contributed by atoms with van der Waals surface area (Å²) < 4.78 is 25.4. The molecule has 0 fully saturated rings. The van der Waals surface area contributed by atoms with E-state index in [2.05, 4.69) is 4.98 Å². The zero-order valence-corrected chi connectivity index (χ0v) is 15.3. The van der Waals surface area contributed by atoms with E-state index in [4.69, 9.17) is 0 Å². The van der Waals surface area contributed by atoms with Crippen molar-refractivity contribution in [2.75, 3.05) is 19.3 Å². The predicted octanol–water partition coefficient (Wildman–Crippen LogP) is 1.89. The number of carbonyl (C=O) groups is 1. The first-order chi connectivity index (χ1) is 11.9. The van der Waals surface area contributed by atoms with Crippen molar-refractivity contribution in [3.8, 4) is 0 Å². The van der Waals surface area contributed by atoms with Crippen LogP contribution in [0.5, 0.6) is 0 Å². The van der Waals surface area contributed by atoms with Crippen molar-refractivity contribution in [2.24, 2.45) is 0 Å². The Labute approximate surface area is 149 Å². The lowest BCUT2D eigenvalue weighted by atomic mass is 10.2. The van der Waals surface area contributed by atoms with Crippen molar-refractivity contribution >= 4 is 15.9 Å². The minimum absolute atomic E-state index is 0.149. The van der Waals surface area contributed by atoms with E-state index in [0.29, 0.717) is 13.1 Å². The van der Waals surface area contributed by atoms with Crippen LogP contribution in [0.15, 0.2) is 54.9 Å². The van der Waals surface area contributed by atoms with E-state index in [1.165, 1.54) is 4.31 Å². The van der Waals surface area contributed by atoms with E-state index in [1.54, 1.807) is 29.4 Å². The third-order valence-electron chi connectivity index (χ3n) is 3.84. The minimum Gasteiger partial charge on any atom is -0.338 e. The average molecular weight is 361 g/mol. The molecule has 0 N–H and O–H groups in total. The van der Waals surface area contributed by atoms with Crippen LogP contribution in [0, 0.1) is 0 Å². The molecular weight excluding hydrogens is 338 g/mol. The highest BCUT2D eigenvalue weighted by atomic mass is 32.2. The lowest BCUT2D eigenvalue weighted by Crippen LogP contribution is -2.41. The summed E-state index contributed by atoms with van der Waals surface area (Å²) in [4.78, 5) is 18.2. The molecule has 0 aliphatic carbocycles. The summed E-state index contributed by atoms with van der Waals surface area (Å²) in [6.07, 6.45) is 4.33. The number of likely N-dealkylation sites (N-methyl/N-ethyl adjacent to an activating group) is 1. The molecule has 1 aromatic carbocycles. The van der Waals surface area contributed by atoms with Crippen LogP contribution < -0.4 is 0 Å². The molecule has 0 unspecified atom stereocenters. The lowest BCUT2D eigenvalue weighted by Gasteiger charge is -2.25. The molecule has 0 aliphatic rings. The maximum Gasteiger partial charge on any atom is 0.238 e.